The SMILES string of the molecule is Cc1sc2ncn(CC(=O)NCc3ccc(S(=O)(=O)N4CCOCC4)cc3)c(=O)c2c1C. The molecule has 1 aliphatic heterocycles. The summed E-state index contributed by atoms with van der Waals surface area (Å²) in [6.45, 7) is 5.35. The number of benzene rings is 1. The zero-order chi connectivity index (χ0) is 22.9. The highest BCUT2D eigenvalue weighted by molar-refractivity contribution is 7.89. The van der Waals surface area contributed by atoms with Crippen LogP contribution < -0.4 is 10.9 Å². The van der Waals surface area contributed by atoms with E-state index in [1.165, 1.54) is 38.7 Å². The van der Waals surface area contributed by atoms with Gasteiger partial charge in [-0.25, -0.2) is 13.4 Å². The summed E-state index contributed by atoms with van der Waals surface area (Å²) in [6, 6.07) is 6.42. The molecule has 0 unspecified atom stereocenters. The van der Waals surface area contributed by atoms with E-state index in [0.717, 1.165) is 16.0 Å². The van der Waals surface area contributed by atoms with Crippen molar-refractivity contribution in [2.45, 2.75) is 31.8 Å². The van der Waals surface area contributed by atoms with E-state index in [-0.39, 0.29) is 29.5 Å². The smallest absolute Gasteiger partial charge is 0.262 e. The van der Waals surface area contributed by atoms with Gasteiger partial charge < -0.3 is 10.1 Å². The van der Waals surface area contributed by atoms with Crippen molar-refractivity contribution in [2.24, 2.45) is 0 Å². The Hall–Kier alpha value is -2.60. The maximum absolute atomic E-state index is 12.7. The quantitative estimate of drug-likeness (QED) is 0.576. The van der Waals surface area contributed by atoms with Gasteiger partial charge in [-0.3, -0.25) is 14.2 Å². The third-order valence-electron chi connectivity index (χ3n) is 5.49. The lowest BCUT2D eigenvalue weighted by atomic mass is 10.2. The number of morpholine rings is 1. The molecule has 0 bridgehead atoms. The number of amides is 1. The van der Waals surface area contributed by atoms with Gasteiger partial charge in [0.1, 0.15) is 11.4 Å². The average molecular weight is 477 g/mol. The van der Waals surface area contributed by atoms with Crippen molar-refractivity contribution in [3.63, 3.8) is 0 Å². The first kappa shape index (κ1) is 22.6. The van der Waals surface area contributed by atoms with Gasteiger partial charge in [-0.2, -0.15) is 4.31 Å². The van der Waals surface area contributed by atoms with Crippen LogP contribution in [-0.4, -0.2) is 54.5 Å². The second-order valence-corrected chi connectivity index (χ2v) is 10.7. The maximum Gasteiger partial charge on any atom is 0.262 e. The third-order valence-corrected chi connectivity index (χ3v) is 8.52. The summed E-state index contributed by atoms with van der Waals surface area (Å²) in [5, 5.41) is 3.32. The summed E-state index contributed by atoms with van der Waals surface area (Å²) in [7, 11) is -3.55. The molecule has 1 N–H and O–H groups in total. The zero-order valence-corrected chi connectivity index (χ0v) is 19.5. The van der Waals surface area contributed by atoms with Gasteiger partial charge in [0.05, 0.1) is 29.8 Å². The van der Waals surface area contributed by atoms with Gasteiger partial charge >= 0.3 is 0 Å². The number of carbonyl (C=O) groups is 1. The standard InChI is InChI=1S/C21H24N4O5S2/c1-14-15(2)31-20-19(14)21(27)24(13-23-20)12-18(26)22-11-16-3-5-17(6-4-16)32(28,29)25-7-9-30-10-8-25/h3-6,13H,7-12H2,1-2H3,(H,22,26). The van der Waals surface area contributed by atoms with Crippen LogP contribution in [0.25, 0.3) is 10.2 Å². The second kappa shape index (κ2) is 9.10. The number of rotatable bonds is 6. The van der Waals surface area contributed by atoms with Crippen molar-refractivity contribution < 1.29 is 17.9 Å². The number of hydrogen-bond acceptors (Lipinski definition) is 7. The monoisotopic (exact) mass is 476 g/mol. The molecule has 170 valence electrons. The Morgan fingerprint density at radius 2 is 1.88 bits per heavy atom. The number of hydrogen-bond donors (Lipinski definition) is 1. The molecule has 1 amide bonds. The van der Waals surface area contributed by atoms with Gasteiger partial charge in [0.15, 0.2) is 0 Å². The molecular formula is C21H24N4O5S2. The van der Waals surface area contributed by atoms with Crippen LogP contribution >= 0.6 is 11.3 Å². The Morgan fingerprint density at radius 3 is 2.56 bits per heavy atom. The van der Waals surface area contributed by atoms with E-state index in [2.05, 4.69) is 10.3 Å². The molecule has 0 radical (unpaired) electrons. The predicted molar refractivity (Wildman–Crippen MR) is 121 cm³/mol. The van der Waals surface area contributed by atoms with Gasteiger partial charge in [-0.05, 0) is 37.1 Å². The largest absolute Gasteiger partial charge is 0.379 e. The van der Waals surface area contributed by atoms with Gasteiger partial charge in [0, 0.05) is 24.5 Å². The van der Waals surface area contributed by atoms with Crippen LogP contribution in [0.1, 0.15) is 16.0 Å². The molecule has 0 saturated carbocycles. The lowest BCUT2D eigenvalue weighted by Gasteiger charge is -2.26. The highest BCUT2D eigenvalue weighted by Crippen LogP contribution is 2.25. The van der Waals surface area contributed by atoms with Gasteiger partial charge in [-0.1, -0.05) is 12.1 Å². The molecule has 32 heavy (non-hydrogen) atoms. The topological polar surface area (TPSA) is 111 Å². The third kappa shape index (κ3) is 4.46. The number of aryl methyl sites for hydroxylation is 2. The van der Waals surface area contributed by atoms with Gasteiger partial charge in [0.25, 0.3) is 5.56 Å². The number of thiophene rings is 1. The van der Waals surface area contributed by atoms with Crippen molar-refractivity contribution in [2.75, 3.05) is 26.3 Å². The first-order valence-corrected chi connectivity index (χ1v) is 12.4. The van der Waals surface area contributed by atoms with E-state index < -0.39 is 10.0 Å². The Labute approximate surface area is 189 Å². The molecule has 3 aromatic rings. The average Bonchev–Trinajstić information content (AvgIpc) is 3.09. The van der Waals surface area contributed by atoms with Crippen LogP contribution in [0.2, 0.25) is 0 Å². The number of ether oxygens (including phenoxy) is 1. The Balaban J connectivity index is 1.39. The molecule has 0 aliphatic carbocycles. The van der Waals surface area contributed by atoms with Crippen molar-refractivity contribution in [3.05, 3.63) is 57.0 Å². The van der Waals surface area contributed by atoms with Crippen molar-refractivity contribution in [1.29, 1.82) is 0 Å². The van der Waals surface area contributed by atoms with Crippen LogP contribution in [0.3, 0.4) is 0 Å². The predicted octanol–water partition coefficient (Wildman–Crippen LogP) is 1.41. The molecule has 0 atom stereocenters. The number of carbonyl (C=O) groups excluding carboxylic acids is 1. The van der Waals surface area contributed by atoms with Gasteiger partial charge in [-0.15, -0.1) is 11.3 Å². The fraction of sp³-hybridized carbons (Fsp3) is 0.381. The lowest BCUT2D eigenvalue weighted by molar-refractivity contribution is -0.121. The van der Waals surface area contributed by atoms with Gasteiger partial charge in [0.2, 0.25) is 15.9 Å². The normalized spacial score (nSPS) is 15.2. The van der Waals surface area contributed by atoms with Crippen molar-refractivity contribution in [3.8, 4) is 0 Å². The molecule has 3 heterocycles. The molecular weight excluding hydrogens is 452 g/mol. The summed E-state index contributed by atoms with van der Waals surface area (Å²) in [5.74, 6) is -0.331. The molecule has 1 fully saturated rings. The van der Waals surface area contributed by atoms with Crippen LogP contribution in [0.5, 0.6) is 0 Å². The number of nitrogens with zero attached hydrogens (tertiary/aromatic N) is 3. The fourth-order valence-electron chi connectivity index (χ4n) is 3.51. The molecule has 9 nitrogen and oxygen atoms in total. The van der Waals surface area contributed by atoms with Crippen molar-refractivity contribution in [1.82, 2.24) is 19.2 Å². The van der Waals surface area contributed by atoms with Crippen molar-refractivity contribution >= 4 is 37.5 Å². The Bertz CT molecular complexity index is 1310. The molecule has 0 spiro atoms. The maximum atomic E-state index is 12.7. The number of sulfonamides is 1. The van der Waals surface area contributed by atoms with Crippen LogP contribution in [0.15, 0.2) is 40.3 Å². The summed E-state index contributed by atoms with van der Waals surface area (Å²) < 4.78 is 33.3. The van der Waals surface area contributed by atoms with Crippen LogP contribution in [-0.2, 0) is 32.6 Å². The number of nitrogens with one attached hydrogen (secondary N) is 1. The lowest BCUT2D eigenvalue weighted by Crippen LogP contribution is -2.40. The Morgan fingerprint density at radius 1 is 1.19 bits per heavy atom. The number of aromatic nitrogens is 2. The Kier molecular flexibility index (Phi) is 6.42. The van der Waals surface area contributed by atoms with E-state index in [0.29, 0.717) is 36.5 Å². The molecule has 11 heteroatoms. The summed E-state index contributed by atoms with van der Waals surface area (Å²) in [4.78, 5) is 31.3. The first-order chi connectivity index (χ1) is 15.3. The van der Waals surface area contributed by atoms with Crippen LogP contribution in [0, 0.1) is 13.8 Å². The summed E-state index contributed by atoms with van der Waals surface area (Å²) in [5.41, 5.74) is 1.42. The zero-order valence-electron chi connectivity index (χ0n) is 17.8. The van der Waals surface area contributed by atoms with E-state index in [4.69, 9.17) is 4.74 Å². The van der Waals surface area contributed by atoms with E-state index in [1.807, 2.05) is 13.8 Å². The van der Waals surface area contributed by atoms with Crippen LogP contribution in [0.4, 0.5) is 0 Å². The highest BCUT2D eigenvalue weighted by Gasteiger charge is 2.26. The molecule has 1 saturated heterocycles. The minimum atomic E-state index is -3.55. The summed E-state index contributed by atoms with van der Waals surface area (Å²) >= 11 is 1.46. The minimum absolute atomic E-state index is 0.139. The number of fused-ring (bicyclic) bond motifs is 1. The first-order valence-electron chi connectivity index (χ1n) is 10.2. The fourth-order valence-corrected chi connectivity index (χ4v) is 5.90. The summed E-state index contributed by atoms with van der Waals surface area (Å²) in [6.07, 6.45) is 1.39. The highest BCUT2D eigenvalue weighted by atomic mass is 32.2. The molecule has 2 aromatic heterocycles. The van der Waals surface area contributed by atoms with E-state index in [1.54, 1.807) is 12.1 Å². The second-order valence-electron chi connectivity index (χ2n) is 7.58. The van der Waals surface area contributed by atoms with E-state index in [9.17, 15) is 18.0 Å². The minimum Gasteiger partial charge on any atom is -0.379 e. The molecule has 1 aliphatic rings. The van der Waals surface area contributed by atoms with E-state index >= 15 is 0 Å². The molecule has 4 rings (SSSR count). The molecule has 1 aromatic carbocycles.